The summed E-state index contributed by atoms with van der Waals surface area (Å²) in [4.78, 5) is 23.4. The Labute approximate surface area is 170 Å². The number of aryl methyl sites for hydroxylation is 1. The summed E-state index contributed by atoms with van der Waals surface area (Å²) in [6.45, 7) is 2.95. The van der Waals surface area contributed by atoms with Gasteiger partial charge in [-0.05, 0) is 36.2 Å². The first-order chi connectivity index (χ1) is 14.5. The van der Waals surface area contributed by atoms with Crippen molar-refractivity contribution in [2.45, 2.75) is 19.8 Å². The lowest BCUT2D eigenvalue weighted by molar-refractivity contribution is -0.136. The predicted molar refractivity (Wildman–Crippen MR) is 109 cm³/mol. The van der Waals surface area contributed by atoms with Crippen molar-refractivity contribution >= 4 is 27.9 Å². The molecule has 7 nitrogen and oxygen atoms in total. The van der Waals surface area contributed by atoms with Gasteiger partial charge >= 0.3 is 11.6 Å². The molecule has 1 N–H and O–H groups in total. The molecule has 0 unspecified atom stereocenters. The number of benzene rings is 2. The third-order valence-electron chi connectivity index (χ3n) is 5.37. The molecule has 0 amide bonds. The fourth-order valence-corrected chi connectivity index (χ4v) is 3.82. The van der Waals surface area contributed by atoms with Crippen molar-refractivity contribution in [3.8, 4) is 22.6 Å². The Balaban J connectivity index is 1.69. The average Bonchev–Trinajstić information content (AvgIpc) is 2.97. The Kier molecular flexibility index (Phi) is 4.24. The van der Waals surface area contributed by atoms with Crippen LogP contribution in [0.2, 0.25) is 0 Å². The van der Waals surface area contributed by atoms with Crippen LogP contribution in [0.3, 0.4) is 0 Å². The molecule has 30 heavy (non-hydrogen) atoms. The lowest BCUT2D eigenvalue weighted by atomic mass is 9.99. The Morgan fingerprint density at radius 2 is 1.83 bits per heavy atom. The van der Waals surface area contributed by atoms with Gasteiger partial charge in [0.1, 0.15) is 11.2 Å². The second-order valence-corrected chi connectivity index (χ2v) is 7.27. The summed E-state index contributed by atoms with van der Waals surface area (Å²) >= 11 is 0. The van der Waals surface area contributed by atoms with Crippen LogP contribution in [0.5, 0.6) is 11.5 Å². The van der Waals surface area contributed by atoms with Crippen LogP contribution < -0.4 is 15.1 Å². The average molecular weight is 406 g/mol. The number of rotatable bonds is 3. The van der Waals surface area contributed by atoms with Gasteiger partial charge in [-0.15, -0.1) is 0 Å². The predicted octanol–water partition coefficient (Wildman–Crippen LogP) is 4.30. The Hall–Kier alpha value is -3.74. The van der Waals surface area contributed by atoms with E-state index in [2.05, 4.69) is 0 Å². The Morgan fingerprint density at radius 1 is 1.03 bits per heavy atom. The van der Waals surface area contributed by atoms with Crippen LogP contribution in [0.1, 0.15) is 17.5 Å². The maximum atomic E-state index is 12.2. The van der Waals surface area contributed by atoms with E-state index in [1.54, 1.807) is 19.3 Å². The second-order valence-electron chi connectivity index (χ2n) is 7.27. The summed E-state index contributed by atoms with van der Waals surface area (Å²) in [6, 6.07) is 9.27. The standard InChI is InChI=1S/C23H18O7/c1-12-14-8-16-17(13-3-4-18-21(7-13)28-6-2-5-27-18)11-29-19(16)10-20(14)30-23(26)15(12)9-22(24)25/h3-4,7-8,10-11H,2,5-6,9H2,1H3,(H,24,25). The lowest BCUT2D eigenvalue weighted by Crippen LogP contribution is -2.14. The Morgan fingerprint density at radius 3 is 2.63 bits per heavy atom. The number of carbonyl (C=O) groups is 1. The summed E-state index contributed by atoms with van der Waals surface area (Å²) in [6.07, 6.45) is 2.09. The van der Waals surface area contributed by atoms with E-state index in [0.29, 0.717) is 46.8 Å². The minimum atomic E-state index is -1.08. The first kappa shape index (κ1) is 18.3. The van der Waals surface area contributed by atoms with Crippen molar-refractivity contribution in [1.82, 2.24) is 0 Å². The van der Waals surface area contributed by atoms with Crippen molar-refractivity contribution < 1.29 is 28.2 Å². The van der Waals surface area contributed by atoms with Crippen LogP contribution in [0.4, 0.5) is 0 Å². The van der Waals surface area contributed by atoms with Crippen molar-refractivity contribution in [3.63, 3.8) is 0 Å². The molecule has 0 radical (unpaired) electrons. The quantitative estimate of drug-likeness (QED) is 0.506. The summed E-state index contributed by atoms with van der Waals surface area (Å²) in [7, 11) is 0. The minimum Gasteiger partial charge on any atom is -0.490 e. The molecule has 152 valence electrons. The highest BCUT2D eigenvalue weighted by Crippen LogP contribution is 2.39. The highest BCUT2D eigenvalue weighted by atomic mass is 16.5. The van der Waals surface area contributed by atoms with Crippen LogP contribution in [0, 0.1) is 6.92 Å². The fraction of sp³-hybridized carbons (Fsp3) is 0.217. The molecule has 2 aromatic carbocycles. The summed E-state index contributed by atoms with van der Waals surface area (Å²) < 4.78 is 22.6. The Bertz CT molecular complexity index is 1360. The highest BCUT2D eigenvalue weighted by Gasteiger charge is 2.18. The van der Waals surface area contributed by atoms with Gasteiger partial charge in [0.15, 0.2) is 11.5 Å². The maximum absolute atomic E-state index is 12.2. The molecular formula is C23H18O7. The van der Waals surface area contributed by atoms with Gasteiger partial charge in [-0.3, -0.25) is 4.79 Å². The number of hydrogen-bond acceptors (Lipinski definition) is 6. The highest BCUT2D eigenvalue weighted by molar-refractivity contribution is 6.02. The number of furan rings is 1. The van der Waals surface area contributed by atoms with Crippen molar-refractivity contribution in [2.24, 2.45) is 0 Å². The van der Waals surface area contributed by atoms with Crippen LogP contribution in [0.25, 0.3) is 33.1 Å². The monoisotopic (exact) mass is 406 g/mol. The first-order valence-electron chi connectivity index (χ1n) is 9.60. The number of hydrogen-bond donors (Lipinski definition) is 1. The van der Waals surface area contributed by atoms with Gasteiger partial charge < -0.3 is 23.4 Å². The molecule has 0 spiro atoms. The third kappa shape index (κ3) is 2.99. The molecule has 0 saturated heterocycles. The smallest absolute Gasteiger partial charge is 0.340 e. The number of fused-ring (bicyclic) bond motifs is 3. The van der Waals surface area contributed by atoms with Crippen molar-refractivity contribution in [2.75, 3.05) is 13.2 Å². The lowest BCUT2D eigenvalue weighted by Gasteiger charge is -2.09. The van der Waals surface area contributed by atoms with Crippen molar-refractivity contribution in [1.29, 1.82) is 0 Å². The topological polar surface area (TPSA) is 99.1 Å². The molecule has 7 heteroatoms. The van der Waals surface area contributed by atoms with E-state index >= 15 is 0 Å². The fourth-order valence-electron chi connectivity index (χ4n) is 3.82. The zero-order chi connectivity index (χ0) is 20.8. The van der Waals surface area contributed by atoms with Gasteiger partial charge in [0.2, 0.25) is 0 Å². The zero-order valence-electron chi connectivity index (χ0n) is 16.2. The molecule has 1 aliphatic heterocycles. The zero-order valence-corrected chi connectivity index (χ0v) is 16.2. The summed E-state index contributed by atoms with van der Waals surface area (Å²) in [5, 5.41) is 10.6. The molecule has 5 rings (SSSR count). The van der Waals surface area contributed by atoms with Crippen LogP contribution in [-0.4, -0.2) is 24.3 Å². The molecule has 0 saturated carbocycles. The summed E-state index contributed by atoms with van der Waals surface area (Å²) in [5.74, 6) is 0.318. The maximum Gasteiger partial charge on any atom is 0.340 e. The normalized spacial score (nSPS) is 13.5. The van der Waals surface area contributed by atoms with Gasteiger partial charge in [-0.1, -0.05) is 6.07 Å². The molecule has 0 aliphatic carbocycles. The van der Waals surface area contributed by atoms with Crippen LogP contribution >= 0.6 is 0 Å². The van der Waals surface area contributed by atoms with E-state index in [0.717, 1.165) is 22.9 Å². The SMILES string of the molecule is Cc1c(CC(=O)O)c(=O)oc2cc3occ(-c4ccc5c(c4)OCCCO5)c3cc12. The van der Waals surface area contributed by atoms with E-state index in [9.17, 15) is 9.59 Å². The number of ether oxygens (including phenoxy) is 2. The van der Waals surface area contributed by atoms with E-state index in [1.165, 1.54) is 0 Å². The third-order valence-corrected chi connectivity index (χ3v) is 5.37. The molecular weight excluding hydrogens is 388 g/mol. The van der Waals surface area contributed by atoms with E-state index in [1.807, 2.05) is 24.3 Å². The number of aliphatic carboxylic acids is 1. The molecule has 1 aliphatic rings. The van der Waals surface area contributed by atoms with Gasteiger partial charge in [0.05, 0.1) is 31.5 Å². The second kappa shape index (κ2) is 6.95. The number of carboxylic acid groups (broad SMARTS) is 1. The van der Waals surface area contributed by atoms with Gasteiger partial charge in [0, 0.05) is 28.8 Å². The molecule has 0 fully saturated rings. The van der Waals surface area contributed by atoms with E-state index < -0.39 is 11.6 Å². The van der Waals surface area contributed by atoms with Crippen LogP contribution in [-0.2, 0) is 11.2 Å². The molecule has 2 aromatic heterocycles. The van der Waals surface area contributed by atoms with Crippen LogP contribution in [0.15, 0.2) is 50.2 Å². The van der Waals surface area contributed by atoms with E-state index in [4.69, 9.17) is 23.4 Å². The van der Waals surface area contributed by atoms with Crippen molar-refractivity contribution in [3.05, 3.63) is 58.1 Å². The van der Waals surface area contributed by atoms with Gasteiger partial charge in [-0.2, -0.15) is 0 Å². The molecule has 3 heterocycles. The van der Waals surface area contributed by atoms with Gasteiger partial charge in [-0.25, -0.2) is 4.79 Å². The number of carboxylic acids is 1. The first-order valence-corrected chi connectivity index (χ1v) is 9.60. The van der Waals surface area contributed by atoms with E-state index in [-0.39, 0.29) is 12.0 Å². The minimum absolute atomic E-state index is 0.148. The summed E-state index contributed by atoms with van der Waals surface area (Å²) in [5.41, 5.74) is 2.78. The van der Waals surface area contributed by atoms with Gasteiger partial charge in [0.25, 0.3) is 0 Å². The molecule has 0 bridgehead atoms. The molecule has 4 aromatic rings. The largest absolute Gasteiger partial charge is 0.490 e. The molecule has 0 atom stereocenters.